The molecule has 2 amide bonds. The molecule has 0 radical (unpaired) electrons. The van der Waals surface area contributed by atoms with Crippen LogP contribution in [-0.4, -0.2) is 26.7 Å². The molecule has 0 aromatic heterocycles. The van der Waals surface area contributed by atoms with E-state index in [4.69, 9.17) is 11.6 Å². The second-order valence-corrected chi connectivity index (χ2v) is 8.45. The number of anilines is 3. The van der Waals surface area contributed by atoms with Gasteiger partial charge in [0.2, 0.25) is 10.0 Å². The van der Waals surface area contributed by atoms with Crippen LogP contribution in [0.5, 0.6) is 0 Å². The minimum absolute atomic E-state index is 0.00427. The van der Waals surface area contributed by atoms with Crippen molar-refractivity contribution in [3.05, 3.63) is 53.1 Å². The van der Waals surface area contributed by atoms with Gasteiger partial charge in [-0.25, -0.2) is 13.2 Å². The molecular weight excluding hydrogens is 419 g/mol. The Morgan fingerprint density at radius 2 is 1.82 bits per heavy atom. The largest absolute Gasteiger partial charge is 0.418 e. The highest BCUT2D eigenvalue weighted by atomic mass is 35.5. The molecule has 2 aromatic carbocycles. The van der Waals surface area contributed by atoms with Gasteiger partial charge in [0, 0.05) is 12.2 Å². The van der Waals surface area contributed by atoms with E-state index in [1.807, 2.05) is 0 Å². The van der Waals surface area contributed by atoms with E-state index in [2.05, 4.69) is 10.6 Å². The Labute approximate surface area is 164 Å². The molecule has 6 nitrogen and oxygen atoms in total. The predicted octanol–water partition coefficient (Wildman–Crippen LogP) is 4.54. The van der Waals surface area contributed by atoms with E-state index in [1.165, 1.54) is 30.3 Å². The third kappa shape index (κ3) is 4.33. The maximum atomic E-state index is 13.0. The van der Waals surface area contributed by atoms with Crippen molar-refractivity contribution in [2.45, 2.75) is 12.6 Å². The molecule has 0 unspecified atom stereocenters. The zero-order valence-corrected chi connectivity index (χ0v) is 15.8. The van der Waals surface area contributed by atoms with Crippen LogP contribution in [0.15, 0.2) is 42.5 Å². The fraction of sp³-hybridized carbons (Fsp3) is 0.235. The quantitative estimate of drug-likeness (QED) is 0.745. The number of amides is 2. The summed E-state index contributed by atoms with van der Waals surface area (Å²) in [6.07, 6.45) is -4.17. The van der Waals surface area contributed by atoms with Crippen molar-refractivity contribution < 1.29 is 26.4 Å². The van der Waals surface area contributed by atoms with Crippen LogP contribution in [0.25, 0.3) is 0 Å². The van der Waals surface area contributed by atoms with Gasteiger partial charge in [-0.3, -0.25) is 4.31 Å². The van der Waals surface area contributed by atoms with E-state index < -0.39 is 33.5 Å². The SMILES string of the molecule is O=C(Nc1ccc(Cl)c(N2CCCS2(=O)=O)c1)Nc1ccccc1C(F)(F)F. The first-order valence-corrected chi connectivity index (χ1v) is 10.1. The van der Waals surface area contributed by atoms with Crippen molar-refractivity contribution in [3.63, 3.8) is 0 Å². The Morgan fingerprint density at radius 3 is 2.46 bits per heavy atom. The fourth-order valence-electron chi connectivity index (χ4n) is 2.82. The maximum absolute atomic E-state index is 13.0. The first kappa shape index (κ1) is 20.3. The number of nitrogens with one attached hydrogen (secondary N) is 2. The van der Waals surface area contributed by atoms with Gasteiger partial charge in [0.1, 0.15) is 0 Å². The van der Waals surface area contributed by atoms with Crippen LogP contribution >= 0.6 is 11.6 Å². The van der Waals surface area contributed by atoms with Crippen LogP contribution in [-0.2, 0) is 16.2 Å². The number of halogens is 4. The van der Waals surface area contributed by atoms with Gasteiger partial charge in [-0.15, -0.1) is 0 Å². The minimum Gasteiger partial charge on any atom is -0.308 e. The van der Waals surface area contributed by atoms with E-state index in [0.717, 1.165) is 16.4 Å². The summed E-state index contributed by atoms with van der Waals surface area (Å²) in [6, 6.07) is 7.85. The number of carbonyl (C=O) groups is 1. The van der Waals surface area contributed by atoms with Crippen LogP contribution in [0.2, 0.25) is 5.02 Å². The third-order valence-electron chi connectivity index (χ3n) is 4.05. The van der Waals surface area contributed by atoms with Crippen LogP contribution < -0.4 is 14.9 Å². The highest BCUT2D eigenvalue weighted by Crippen LogP contribution is 2.35. The zero-order chi connectivity index (χ0) is 20.5. The molecule has 0 spiro atoms. The summed E-state index contributed by atoms with van der Waals surface area (Å²) >= 11 is 6.08. The molecule has 1 fully saturated rings. The Kier molecular flexibility index (Phi) is 5.44. The zero-order valence-electron chi connectivity index (χ0n) is 14.3. The van der Waals surface area contributed by atoms with Crippen molar-refractivity contribution in [1.29, 1.82) is 0 Å². The average molecular weight is 434 g/mol. The lowest BCUT2D eigenvalue weighted by molar-refractivity contribution is -0.136. The van der Waals surface area contributed by atoms with Crippen molar-refractivity contribution in [2.24, 2.45) is 0 Å². The molecule has 150 valence electrons. The summed E-state index contributed by atoms with van der Waals surface area (Å²) in [4.78, 5) is 12.2. The first-order chi connectivity index (χ1) is 13.1. The maximum Gasteiger partial charge on any atom is 0.418 e. The average Bonchev–Trinajstić information content (AvgIpc) is 2.95. The molecule has 11 heteroatoms. The fourth-order valence-corrected chi connectivity index (χ4v) is 4.66. The molecule has 1 aliphatic heterocycles. The normalized spacial score (nSPS) is 16.1. The molecule has 0 atom stereocenters. The molecule has 1 aliphatic rings. The molecule has 2 N–H and O–H groups in total. The summed E-state index contributed by atoms with van der Waals surface area (Å²) in [5.41, 5.74) is -0.995. The van der Waals surface area contributed by atoms with Gasteiger partial charge in [0.05, 0.1) is 27.7 Å². The summed E-state index contributed by atoms with van der Waals surface area (Å²) in [5, 5.41) is 4.72. The number of sulfonamides is 1. The number of hydrogen-bond donors (Lipinski definition) is 2. The topological polar surface area (TPSA) is 78.5 Å². The van der Waals surface area contributed by atoms with Gasteiger partial charge in [-0.2, -0.15) is 13.2 Å². The van der Waals surface area contributed by atoms with Crippen LogP contribution in [0.1, 0.15) is 12.0 Å². The van der Waals surface area contributed by atoms with Crippen molar-refractivity contribution in [2.75, 3.05) is 27.2 Å². The number of rotatable bonds is 3. The Hall–Kier alpha value is -2.46. The monoisotopic (exact) mass is 433 g/mol. The van der Waals surface area contributed by atoms with E-state index in [0.29, 0.717) is 6.42 Å². The lowest BCUT2D eigenvalue weighted by Crippen LogP contribution is -2.26. The molecule has 3 rings (SSSR count). The lowest BCUT2D eigenvalue weighted by atomic mass is 10.1. The summed E-state index contributed by atoms with van der Waals surface area (Å²) < 4.78 is 64.4. The summed E-state index contributed by atoms with van der Waals surface area (Å²) in [5.74, 6) is -0.00427. The second kappa shape index (κ2) is 7.51. The van der Waals surface area contributed by atoms with Gasteiger partial charge >= 0.3 is 12.2 Å². The van der Waals surface area contributed by atoms with E-state index in [9.17, 15) is 26.4 Å². The Balaban J connectivity index is 1.80. The summed E-state index contributed by atoms with van der Waals surface area (Å²) in [7, 11) is -3.48. The summed E-state index contributed by atoms with van der Waals surface area (Å²) in [6.45, 7) is 0.261. The number of alkyl halides is 3. The van der Waals surface area contributed by atoms with Gasteiger partial charge in [0.25, 0.3) is 0 Å². The van der Waals surface area contributed by atoms with E-state index in [1.54, 1.807) is 0 Å². The Bertz CT molecular complexity index is 1010. The van der Waals surface area contributed by atoms with Crippen LogP contribution in [0.4, 0.5) is 35.0 Å². The number of benzene rings is 2. The number of carbonyl (C=O) groups excluding carboxylic acids is 1. The molecule has 1 saturated heterocycles. The second-order valence-electron chi connectivity index (χ2n) is 6.03. The van der Waals surface area contributed by atoms with Crippen LogP contribution in [0.3, 0.4) is 0 Å². The third-order valence-corrected chi connectivity index (χ3v) is 6.23. The van der Waals surface area contributed by atoms with E-state index in [-0.39, 0.29) is 28.7 Å². The highest BCUT2D eigenvalue weighted by molar-refractivity contribution is 7.93. The number of para-hydroxylation sites is 1. The minimum atomic E-state index is -4.62. The van der Waals surface area contributed by atoms with Gasteiger partial charge < -0.3 is 10.6 Å². The number of urea groups is 1. The predicted molar refractivity (Wildman–Crippen MR) is 101 cm³/mol. The standard InChI is InChI=1S/C17H15ClF3N3O3S/c18-13-7-6-11(10-15(13)24-8-3-9-28(24,26)27)22-16(25)23-14-5-2-1-4-12(14)17(19,20)21/h1-2,4-7,10H,3,8-9H2,(H2,22,23,25). The molecule has 28 heavy (non-hydrogen) atoms. The van der Waals surface area contributed by atoms with Crippen molar-refractivity contribution in [3.8, 4) is 0 Å². The Morgan fingerprint density at radius 1 is 1.11 bits per heavy atom. The van der Waals surface area contributed by atoms with Gasteiger partial charge in [-0.1, -0.05) is 23.7 Å². The van der Waals surface area contributed by atoms with E-state index >= 15 is 0 Å². The number of hydrogen-bond acceptors (Lipinski definition) is 3. The molecular formula is C17H15ClF3N3O3S. The molecule has 0 aliphatic carbocycles. The molecule has 1 heterocycles. The first-order valence-electron chi connectivity index (χ1n) is 8.12. The van der Waals surface area contributed by atoms with Crippen molar-refractivity contribution in [1.82, 2.24) is 0 Å². The lowest BCUT2D eigenvalue weighted by Gasteiger charge is -2.19. The highest BCUT2D eigenvalue weighted by Gasteiger charge is 2.33. The van der Waals surface area contributed by atoms with Gasteiger partial charge in [-0.05, 0) is 36.8 Å². The smallest absolute Gasteiger partial charge is 0.308 e. The van der Waals surface area contributed by atoms with Gasteiger partial charge in [0.15, 0.2) is 0 Å². The van der Waals surface area contributed by atoms with Crippen LogP contribution in [0, 0.1) is 0 Å². The number of nitrogens with zero attached hydrogens (tertiary/aromatic N) is 1. The molecule has 2 aromatic rings. The molecule has 0 bridgehead atoms. The molecule has 0 saturated carbocycles. The van der Waals surface area contributed by atoms with Crippen molar-refractivity contribution >= 4 is 44.7 Å².